The molecule has 0 heterocycles. The third kappa shape index (κ3) is 8.54. The molecule has 3 N–H and O–H groups in total. The first-order valence-corrected chi connectivity index (χ1v) is 7.34. The fourth-order valence-electron chi connectivity index (χ4n) is 2.03. The fraction of sp³-hybridized carbons (Fsp3) is 0.500. The van der Waals surface area contributed by atoms with Gasteiger partial charge >= 0.3 is 0 Å². The zero-order chi connectivity index (χ0) is 16.4. The van der Waals surface area contributed by atoms with Crippen LogP contribution < -0.4 is 11.1 Å². The molecule has 0 saturated carbocycles. The quantitative estimate of drug-likeness (QED) is 0.643. The highest BCUT2D eigenvalue weighted by atomic mass is 35.5. The summed E-state index contributed by atoms with van der Waals surface area (Å²) in [4.78, 5) is 25.2. The maximum Gasteiger partial charge on any atom is 0.240 e. The molecule has 0 aliphatic rings. The number of hydrogen-bond acceptors (Lipinski definition) is 4. The molecule has 0 saturated heterocycles. The summed E-state index contributed by atoms with van der Waals surface area (Å²) in [5.41, 5.74) is 6.93. The van der Waals surface area contributed by atoms with Crippen LogP contribution in [0.3, 0.4) is 0 Å². The van der Waals surface area contributed by atoms with Crippen molar-refractivity contribution in [3.8, 4) is 0 Å². The van der Waals surface area contributed by atoms with E-state index in [2.05, 4.69) is 5.32 Å². The highest BCUT2D eigenvalue weighted by molar-refractivity contribution is 5.87. The van der Waals surface area contributed by atoms with Gasteiger partial charge in [-0.2, -0.15) is 0 Å². The normalized spacial score (nSPS) is 11.3. The van der Waals surface area contributed by atoms with Crippen LogP contribution in [0.2, 0.25) is 0 Å². The molecule has 1 rings (SSSR count). The summed E-state index contributed by atoms with van der Waals surface area (Å²) in [6.07, 6.45) is 1.20. The minimum absolute atomic E-state index is 0. The molecule has 0 aliphatic carbocycles. The molecule has 130 valence electrons. The Balaban J connectivity index is 0.00000484. The predicted molar refractivity (Wildman–Crippen MR) is 92.5 cm³/mol. The number of methoxy groups -OCH3 is 1. The second-order valence-corrected chi connectivity index (χ2v) is 5.19. The lowest BCUT2D eigenvalue weighted by Crippen LogP contribution is -2.46. The molecule has 0 aromatic heterocycles. The summed E-state index contributed by atoms with van der Waals surface area (Å²) in [5.74, 6) is -0.435. The maximum atomic E-state index is 12.2. The molecule has 6 nitrogen and oxygen atoms in total. The van der Waals surface area contributed by atoms with Crippen molar-refractivity contribution in [3.05, 3.63) is 35.9 Å². The van der Waals surface area contributed by atoms with Gasteiger partial charge in [-0.15, -0.1) is 12.4 Å². The summed E-state index contributed by atoms with van der Waals surface area (Å²) in [6.45, 7) is 1.13. The lowest BCUT2D eigenvalue weighted by Gasteiger charge is -2.21. The van der Waals surface area contributed by atoms with Crippen LogP contribution >= 0.6 is 12.4 Å². The van der Waals surface area contributed by atoms with Crippen LogP contribution in [-0.2, 0) is 20.7 Å². The highest BCUT2D eigenvalue weighted by Crippen LogP contribution is 2.03. The number of amides is 2. The lowest BCUT2D eigenvalue weighted by molar-refractivity contribution is -0.135. The summed E-state index contributed by atoms with van der Waals surface area (Å²) in [5, 5.41) is 2.74. The highest BCUT2D eigenvalue weighted by Gasteiger charge is 2.20. The molecule has 0 radical (unpaired) electrons. The number of rotatable bonds is 9. The Labute approximate surface area is 143 Å². The van der Waals surface area contributed by atoms with E-state index < -0.39 is 6.04 Å². The van der Waals surface area contributed by atoms with Gasteiger partial charge in [0.1, 0.15) is 0 Å². The van der Waals surface area contributed by atoms with Crippen LogP contribution in [0.25, 0.3) is 0 Å². The number of carbonyl (C=O) groups excluding carboxylic acids is 2. The van der Waals surface area contributed by atoms with Gasteiger partial charge < -0.3 is 20.7 Å². The number of nitrogens with two attached hydrogens (primary N) is 1. The number of ether oxygens (including phenoxy) is 1. The van der Waals surface area contributed by atoms with Gasteiger partial charge in [-0.1, -0.05) is 30.3 Å². The molecular formula is C16H26ClN3O3. The van der Waals surface area contributed by atoms with Crippen molar-refractivity contribution in [2.75, 3.05) is 33.9 Å². The van der Waals surface area contributed by atoms with Crippen molar-refractivity contribution in [2.24, 2.45) is 5.73 Å². The Bertz CT molecular complexity index is 471. The largest absolute Gasteiger partial charge is 0.385 e. The summed E-state index contributed by atoms with van der Waals surface area (Å²) in [6, 6.07) is 8.93. The van der Waals surface area contributed by atoms with Crippen LogP contribution in [-0.4, -0.2) is 56.6 Å². The third-order valence-corrected chi connectivity index (χ3v) is 3.22. The van der Waals surface area contributed by atoms with Gasteiger partial charge in [0.2, 0.25) is 11.8 Å². The van der Waals surface area contributed by atoms with Crippen LogP contribution in [0.4, 0.5) is 0 Å². The molecule has 0 spiro atoms. The fourth-order valence-corrected chi connectivity index (χ4v) is 2.03. The Morgan fingerprint density at radius 2 is 1.96 bits per heavy atom. The first kappa shape index (κ1) is 21.4. The average molecular weight is 344 g/mol. The van der Waals surface area contributed by atoms with Crippen molar-refractivity contribution in [1.82, 2.24) is 10.2 Å². The number of nitrogens with one attached hydrogen (secondary N) is 1. The molecular weight excluding hydrogens is 318 g/mol. The number of carbonyl (C=O) groups is 2. The molecule has 7 heteroatoms. The lowest BCUT2D eigenvalue weighted by atomic mass is 10.1. The Morgan fingerprint density at radius 1 is 1.30 bits per heavy atom. The van der Waals surface area contributed by atoms with E-state index in [4.69, 9.17) is 10.5 Å². The number of likely N-dealkylation sites (N-methyl/N-ethyl adjacent to an activating group) is 1. The first-order valence-electron chi connectivity index (χ1n) is 7.34. The number of hydrogen-bond donors (Lipinski definition) is 2. The molecule has 0 aliphatic heterocycles. The molecule has 1 aromatic rings. The van der Waals surface area contributed by atoms with Crippen molar-refractivity contribution < 1.29 is 14.3 Å². The second kappa shape index (κ2) is 11.9. The van der Waals surface area contributed by atoms with Gasteiger partial charge in [0.05, 0.1) is 12.6 Å². The molecule has 1 aromatic carbocycles. The Hall–Kier alpha value is -1.63. The van der Waals surface area contributed by atoms with Gasteiger partial charge in [0.25, 0.3) is 0 Å². The SMILES string of the molecule is COCCCNC(=O)CN(C)C(=O)C(N)Cc1ccccc1.Cl. The summed E-state index contributed by atoms with van der Waals surface area (Å²) in [7, 11) is 3.20. The van der Waals surface area contributed by atoms with Crippen molar-refractivity contribution in [1.29, 1.82) is 0 Å². The minimum Gasteiger partial charge on any atom is -0.385 e. The van der Waals surface area contributed by atoms with Gasteiger partial charge in [-0.3, -0.25) is 9.59 Å². The molecule has 23 heavy (non-hydrogen) atoms. The monoisotopic (exact) mass is 343 g/mol. The zero-order valence-electron chi connectivity index (χ0n) is 13.7. The Morgan fingerprint density at radius 3 is 2.57 bits per heavy atom. The van der Waals surface area contributed by atoms with E-state index in [9.17, 15) is 9.59 Å². The van der Waals surface area contributed by atoms with E-state index in [1.807, 2.05) is 30.3 Å². The van der Waals surface area contributed by atoms with Gasteiger partial charge in [0, 0.05) is 27.3 Å². The van der Waals surface area contributed by atoms with E-state index in [0.717, 1.165) is 12.0 Å². The predicted octanol–water partition coefficient (Wildman–Crippen LogP) is 0.589. The molecule has 1 unspecified atom stereocenters. The van der Waals surface area contributed by atoms with Gasteiger partial charge in [0.15, 0.2) is 0 Å². The first-order chi connectivity index (χ1) is 10.5. The third-order valence-electron chi connectivity index (χ3n) is 3.22. The summed E-state index contributed by atoms with van der Waals surface area (Å²) >= 11 is 0. The standard InChI is InChI=1S/C16H25N3O3.ClH/c1-19(12-15(20)18-9-6-10-22-2)16(21)14(17)11-13-7-4-3-5-8-13;/h3-5,7-8,14H,6,9-12,17H2,1-2H3,(H,18,20);1H. The second-order valence-electron chi connectivity index (χ2n) is 5.19. The molecule has 0 bridgehead atoms. The van der Waals surface area contributed by atoms with Gasteiger partial charge in [-0.25, -0.2) is 0 Å². The van der Waals surface area contributed by atoms with E-state index in [1.54, 1.807) is 14.2 Å². The maximum absolute atomic E-state index is 12.2. The van der Waals surface area contributed by atoms with E-state index in [1.165, 1.54) is 4.90 Å². The van der Waals surface area contributed by atoms with Crippen LogP contribution in [0, 0.1) is 0 Å². The van der Waals surface area contributed by atoms with Crippen LogP contribution in [0.15, 0.2) is 30.3 Å². The van der Waals surface area contributed by atoms with Crippen LogP contribution in [0.5, 0.6) is 0 Å². The number of benzene rings is 1. The smallest absolute Gasteiger partial charge is 0.240 e. The van der Waals surface area contributed by atoms with E-state index in [0.29, 0.717) is 19.6 Å². The molecule has 0 fully saturated rings. The summed E-state index contributed by atoms with van der Waals surface area (Å²) < 4.78 is 4.90. The van der Waals surface area contributed by atoms with Crippen molar-refractivity contribution >= 4 is 24.2 Å². The molecule has 1 atom stereocenters. The number of halogens is 1. The zero-order valence-corrected chi connectivity index (χ0v) is 14.5. The minimum atomic E-state index is -0.645. The Kier molecular flexibility index (Phi) is 11.0. The van der Waals surface area contributed by atoms with Crippen molar-refractivity contribution in [3.63, 3.8) is 0 Å². The average Bonchev–Trinajstić information content (AvgIpc) is 2.51. The van der Waals surface area contributed by atoms with Crippen molar-refractivity contribution in [2.45, 2.75) is 18.9 Å². The molecule has 2 amide bonds. The van der Waals surface area contributed by atoms with E-state index in [-0.39, 0.29) is 30.8 Å². The number of nitrogens with zero attached hydrogens (tertiary/aromatic N) is 1. The topological polar surface area (TPSA) is 84.7 Å². The van der Waals surface area contributed by atoms with E-state index >= 15 is 0 Å². The van der Waals surface area contributed by atoms with Crippen LogP contribution in [0.1, 0.15) is 12.0 Å². The van der Waals surface area contributed by atoms with Gasteiger partial charge in [-0.05, 0) is 18.4 Å².